The van der Waals surface area contributed by atoms with Crippen LogP contribution in [0.1, 0.15) is 22.5 Å². The van der Waals surface area contributed by atoms with Crippen LogP contribution in [-0.4, -0.2) is 32.2 Å². The van der Waals surface area contributed by atoms with Crippen LogP contribution in [0.5, 0.6) is 0 Å². The molecule has 5 nitrogen and oxygen atoms in total. The molecule has 5 aromatic carbocycles. The van der Waals surface area contributed by atoms with E-state index in [4.69, 9.17) is 4.98 Å². The molecule has 0 bridgehead atoms. The number of aromatic nitrogens is 3. The first-order valence-electron chi connectivity index (χ1n) is 16.0. The highest BCUT2D eigenvalue weighted by molar-refractivity contribution is 6.09. The fraction of sp³-hybridized carbons (Fsp3) is 0.146. The lowest BCUT2D eigenvalue weighted by Gasteiger charge is -2.22. The van der Waals surface area contributed by atoms with Gasteiger partial charge in [0.2, 0.25) is 0 Å². The Morgan fingerprint density at radius 1 is 0.609 bits per heavy atom. The number of hydrogen-bond donors (Lipinski definition) is 0. The Morgan fingerprint density at radius 3 is 1.80 bits per heavy atom. The lowest BCUT2D eigenvalue weighted by atomic mass is 9.96. The minimum Gasteiger partial charge on any atom is -0.358 e. The van der Waals surface area contributed by atoms with E-state index in [9.17, 15) is 0 Å². The Labute approximate surface area is 270 Å². The Balaban J connectivity index is 1.34. The van der Waals surface area contributed by atoms with Crippen molar-refractivity contribution in [3.8, 4) is 22.8 Å². The van der Waals surface area contributed by atoms with Gasteiger partial charge in [-0.15, -0.1) is 0 Å². The van der Waals surface area contributed by atoms with Crippen molar-refractivity contribution in [1.29, 1.82) is 0 Å². The molecule has 46 heavy (non-hydrogen) atoms. The van der Waals surface area contributed by atoms with E-state index < -0.39 is 0 Å². The number of benzene rings is 5. The standard InChI is InChI=1S/C41H37N5/c1-29-26-30(2)39(31(3)27-29)40-41(46-36-20-12-10-18-34(36)35-19-11-13-21-37(35)46)42-38(45(40)33-16-8-5-9-17-33)22-23-43-24-25-44(28-43)32-14-6-4-7-15-32/h4-21,24-27H,22-23,28H2,1-3H3. The lowest BCUT2D eigenvalue weighted by Crippen LogP contribution is -2.27. The number of fused-ring (bicyclic) bond motifs is 3. The second-order valence-electron chi connectivity index (χ2n) is 12.3. The van der Waals surface area contributed by atoms with Gasteiger partial charge in [0, 0.05) is 53.1 Å². The maximum absolute atomic E-state index is 5.61. The summed E-state index contributed by atoms with van der Waals surface area (Å²) in [6.45, 7) is 8.32. The maximum Gasteiger partial charge on any atom is 0.164 e. The average Bonchev–Trinajstić information content (AvgIpc) is 3.79. The fourth-order valence-electron chi connectivity index (χ4n) is 7.20. The quantitative estimate of drug-likeness (QED) is 0.183. The molecule has 7 aromatic rings. The van der Waals surface area contributed by atoms with Crippen LogP contribution in [0.2, 0.25) is 0 Å². The van der Waals surface area contributed by atoms with Crippen molar-refractivity contribution >= 4 is 27.5 Å². The number of anilines is 1. The van der Waals surface area contributed by atoms with Crippen molar-refractivity contribution in [3.63, 3.8) is 0 Å². The third kappa shape index (κ3) is 4.76. The summed E-state index contributed by atoms with van der Waals surface area (Å²) in [6.07, 6.45) is 5.16. The third-order valence-electron chi connectivity index (χ3n) is 9.15. The van der Waals surface area contributed by atoms with Crippen LogP contribution >= 0.6 is 0 Å². The van der Waals surface area contributed by atoms with E-state index in [0.29, 0.717) is 0 Å². The number of imidazole rings is 1. The summed E-state index contributed by atoms with van der Waals surface area (Å²) in [4.78, 5) is 10.3. The molecule has 0 unspecified atom stereocenters. The second kappa shape index (κ2) is 11.4. The zero-order chi connectivity index (χ0) is 31.2. The van der Waals surface area contributed by atoms with Crippen LogP contribution in [0, 0.1) is 20.8 Å². The van der Waals surface area contributed by atoms with Gasteiger partial charge >= 0.3 is 0 Å². The zero-order valence-corrected chi connectivity index (χ0v) is 26.6. The summed E-state index contributed by atoms with van der Waals surface area (Å²) in [7, 11) is 0. The van der Waals surface area contributed by atoms with E-state index in [-0.39, 0.29) is 0 Å². The number of para-hydroxylation sites is 4. The molecule has 0 saturated carbocycles. The molecule has 0 atom stereocenters. The monoisotopic (exact) mass is 599 g/mol. The number of aryl methyl sites for hydroxylation is 3. The first-order chi connectivity index (χ1) is 22.6. The predicted octanol–water partition coefficient (Wildman–Crippen LogP) is 9.36. The molecule has 8 rings (SSSR count). The molecule has 0 amide bonds. The van der Waals surface area contributed by atoms with Gasteiger partial charge in [-0.2, -0.15) is 0 Å². The van der Waals surface area contributed by atoms with E-state index >= 15 is 0 Å². The lowest BCUT2D eigenvalue weighted by molar-refractivity contribution is 0.406. The minimum absolute atomic E-state index is 0.788. The molecule has 2 aromatic heterocycles. The van der Waals surface area contributed by atoms with Gasteiger partial charge in [-0.05, 0) is 68.3 Å². The highest BCUT2D eigenvalue weighted by atomic mass is 15.3. The minimum atomic E-state index is 0.788. The largest absolute Gasteiger partial charge is 0.358 e. The molecule has 0 spiro atoms. The summed E-state index contributed by atoms with van der Waals surface area (Å²) < 4.78 is 4.80. The third-order valence-corrected chi connectivity index (χ3v) is 9.15. The first-order valence-corrected chi connectivity index (χ1v) is 16.0. The summed E-state index contributed by atoms with van der Waals surface area (Å²) in [5.74, 6) is 2.01. The molecule has 0 saturated heterocycles. The molecule has 226 valence electrons. The SMILES string of the molecule is Cc1cc(C)c(-c2c(-n3c4ccccc4c4ccccc43)nc(CCN3C=CN(c4ccccc4)C3)n2-c2ccccc2)c(C)c1. The molecule has 5 heteroatoms. The number of hydrogen-bond acceptors (Lipinski definition) is 3. The average molecular weight is 600 g/mol. The van der Waals surface area contributed by atoms with Crippen LogP contribution < -0.4 is 4.90 Å². The van der Waals surface area contributed by atoms with Crippen molar-refractivity contribution in [3.05, 3.63) is 156 Å². The van der Waals surface area contributed by atoms with Crippen LogP contribution in [0.15, 0.2) is 134 Å². The molecular formula is C41H37N5. The van der Waals surface area contributed by atoms with Gasteiger partial charge in [-0.25, -0.2) is 4.98 Å². The molecule has 1 aliphatic heterocycles. The molecule has 0 radical (unpaired) electrons. The number of nitrogens with zero attached hydrogens (tertiary/aromatic N) is 5. The van der Waals surface area contributed by atoms with Gasteiger partial charge in [-0.3, -0.25) is 9.13 Å². The Morgan fingerprint density at radius 2 is 1.17 bits per heavy atom. The molecule has 3 heterocycles. The highest BCUT2D eigenvalue weighted by Crippen LogP contribution is 2.40. The Bertz CT molecular complexity index is 2150. The summed E-state index contributed by atoms with van der Waals surface area (Å²) in [6, 6.07) is 43.3. The van der Waals surface area contributed by atoms with E-state index in [1.54, 1.807) is 0 Å². The van der Waals surface area contributed by atoms with Crippen molar-refractivity contribution < 1.29 is 0 Å². The number of rotatable bonds is 7. The Kier molecular flexibility index (Phi) is 6.94. The van der Waals surface area contributed by atoms with E-state index in [0.717, 1.165) is 53.7 Å². The van der Waals surface area contributed by atoms with Gasteiger partial charge in [0.15, 0.2) is 5.82 Å². The van der Waals surface area contributed by atoms with E-state index in [1.807, 2.05) is 0 Å². The normalized spacial score (nSPS) is 13.0. The zero-order valence-electron chi connectivity index (χ0n) is 26.6. The van der Waals surface area contributed by atoms with Crippen molar-refractivity contribution in [2.24, 2.45) is 0 Å². The molecule has 0 fully saturated rings. The Hall–Kier alpha value is -5.55. The van der Waals surface area contributed by atoms with E-state index in [1.165, 1.54) is 38.7 Å². The van der Waals surface area contributed by atoms with Crippen LogP contribution in [0.4, 0.5) is 5.69 Å². The van der Waals surface area contributed by atoms with Gasteiger partial charge in [0.1, 0.15) is 5.82 Å². The highest BCUT2D eigenvalue weighted by Gasteiger charge is 2.27. The van der Waals surface area contributed by atoms with Gasteiger partial charge in [0.05, 0.1) is 23.4 Å². The van der Waals surface area contributed by atoms with E-state index in [2.05, 4.69) is 173 Å². The van der Waals surface area contributed by atoms with Gasteiger partial charge in [0.25, 0.3) is 0 Å². The molecular weight excluding hydrogens is 562 g/mol. The predicted molar refractivity (Wildman–Crippen MR) is 191 cm³/mol. The van der Waals surface area contributed by atoms with Gasteiger partial charge in [-0.1, -0.05) is 90.5 Å². The summed E-state index contributed by atoms with van der Waals surface area (Å²) in [5, 5.41) is 2.47. The first kappa shape index (κ1) is 28.0. The van der Waals surface area contributed by atoms with Gasteiger partial charge < -0.3 is 9.80 Å². The topological polar surface area (TPSA) is 29.2 Å². The fourth-order valence-corrected chi connectivity index (χ4v) is 7.20. The summed E-state index contributed by atoms with van der Waals surface area (Å²) >= 11 is 0. The van der Waals surface area contributed by atoms with Crippen molar-refractivity contribution in [2.75, 3.05) is 18.1 Å². The molecule has 1 aliphatic rings. The molecule has 0 N–H and O–H groups in total. The van der Waals surface area contributed by atoms with Crippen LogP contribution in [0.25, 0.3) is 44.6 Å². The maximum atomic E-state index is 5.61. The second-order valence-corrected chi connectivity index (χ2v) is 12.3. The molecule has 0 aliphatic carbocycles. The van der Waals surface area contributed by atoms with Crippen LogP contribution in [0.3, 0.4) is 0 Å². The van der Waals surface area contributed by atoms with Crippen molar-refractivity contribution in [1.82, 2.24) is 19.0 Å². The smallest absolute Gasteiger partial charge is 0.164 e. The van der Waals surface area contributed by atoms with Crippen LogP contribution in [-0.2, 0) is 6.42 Å². The summed E-state index contributed by atoms with van der Waals surface area (Å²) in [5.41, 5.74) is 10.8. The van der Waals surface area contributed by atoms with Crippen molar-refractivity contribution in [2.45, 2.75) is 27.2 Å².